The van der Waals surface area contributed by atoms with Crippen molar-refractivity contribution in [3.05, 3.63) is 156 Å². The van der Waals surface area contributed by atoms with Crippen molar-refractivity contribution in [3.8, 4) is 33.7 Å². The van der Waals surface area contributed by atoms with Gasteiger partial charge in [-0.1, -0.05) is 144 Å². The highest BCUT2D eigenvalue weighted by molar-refractivity contribution is 6.14. The summed E-state index contributed by atoms with van der Waals surface area (Å²) in [7, 11) is 0. The van der Waals surface area contributed by atoms with Gasteiger partial charge in [0.05, 0.1) is 11.3 Å². The van der Waals surface area contributed by atoms with Gasteiger partial charge in [-0.2, -0.15) is 0 Å². The maximum Gasteiger partial charge on any atom is 0.229 e. The lowest BCUT2D eigenvalue weighted by Gasteiger charge is -2.20. The van der Waals surface area contributed by atoms with Crippen LogP contribution in [0.25, 0.3) is 66.4 Å². The van der Waals surface area contributed by atoms with Crippen LogP contribution in [0.2, 0.25) is 0 Å². The average Bonchev–Trinajstić information content (AvgIpc) is 3.58. The van der Waals surface area contributed by atoms with Gasteiger partial charge in [0.15, 0.2) is 5.58 Å². The van der Waals surface area contributed by atoms with Crippen LogP contribution in [0.5, 0.6) is 0 Å². The largest absolute Gasteiger partial charge is 0.436 e. The number of nitrogens with zero attached hydrogens (tertiary/aromatic N) is 2. The van der Waals surface area contributed by atoms with Crippen molar-refractivity contribution in [1.29, 1.82) is 0 Å². The second kappa shape index (κ2) is 13.2. The zero-order valence-electron chi connectivity index (χ0n) is 29.9. The van der Waals surface area contributed by atoms with Crippen molar-refractivity contribution in [2.75, 3.05) is 0 Å². The smallest absolute Gasteiger partial charge is 0.229 e. The van der Waals surface area contributed by atoms with Crippen molar-refractivity contribution >= 4 is 44.5 Å². The molecule has 250 valence electrons. The summed E-state index contributed by atoms with van der Waals surface area (Å²) < 4.78 is 6.62. The predicted octanol–water partition coefficient (Wildman–Crippen LogP) is 13.4. The summed E-state index contributed by atoms with van der Waals surface area (Å²) in [6.07, 6.45) is 3.07. The Kier molecular flexibility index (Phi) is 8.36. The minimum Gasteiger partial charge on any atom is -0.436 e. The van der Waals surface area contributed by atoms with Crippen molar-refractivity contribution < 1.29 is 4.42 Å². The van der Waals surface area contributed by atoms with E-state index in [0.717, 1.165) is 45.5 Å². The number of rotatable bonds is 7. The molecule has 0 radical (unpaired) electrons. The summed E-state index contributed by atoms with van der Waals surface area (Å²) in [4.78, 5) is 10.2. The van der Waals surface area contributed by atoms with Gasteiger partial charge >= 0.3 is 0 Å². The molecule has 51 heavy (non-hydrogen) atoms. The van der Waals surface area contributed by atoms with Crippen LogP contribution in [-0.4, -0.2) is 11.2 Å². The van der Waals surface area contributed by atoms with E-state index in [4.69, 9.17) is 14.4 Å². The molecular formula is C48H42N2O. The van der Waals surface area contributed by atoms with Gasteiger partial charge in [0.1, 0.15) is 5.52 Å². The highest BCUT2D eigenvalue weighted by Gasteiger charge is 2.21. The highest BCUT2D eigenvalue weighted by Crippen LogP contribution is 2.39. The molecule has 0 unspecified atom stereocenters. The van der Waals surface area contributed by atoms with Gasteiger partial charge in [-0.15, -0.1) is 0 Å². The second-order valence-electron chi connectivity index (χ2n) is 15.0. The van der Waals surface area contributed by atoms with Crippen LogP contribution in [-0.2, 0) is 11.8 Å². The molecule has 0 atom stereocenters. The van der Waals surface area contributed by atoms with E-state index in [1.54, 1.807) is 0 Å². The lowest BCUT2D eigenvalue weighted by atomic mass is 9.85. The standard InChI is InChI=1S/C48H42N2O/c1-31(2)26-32-18-20-33(21-19-32)34-22-24-35(25-23-34)43-28-38(48(3,4)5)29-45-46(43)50-47(51-45)42-16-10-11-17-44(42)49-30-37-27-36-12-6-7-13-39(36)41-15-9-8-14-40(37)41/h6-25,27-31H,26H2,1-5H3. The van der Waals surface area contributed by atoms with E-state index in [1.165, 1.54) is 43.8 Å². The fraction of sp³-hybridized carbons (Fsp3) is 0.167. The summed E-state index contributed by atoms with van der Waals surface area (Å²) in [5.74, 6) is 1.21. The molecule has 0 amide bonds. The molecule has 8 rings (SSSR count). The number of hydrogen-bond donors (Lipinski definition) is 0. The zero-order valence-corrected chi connectivity index (χ0v) is 29.9. The Labute approximate surface area is 300 Å². The van der Waals surface area contributed by atoms with Gasteiger partial charge < -0.3 is 4.42 Å². The first-order valence-electron chi connectivity index (χ1n) is 17.9. The third kappa shape index (κ3) is 6.48. The van der Waals surface area contributed by atoms with Gasteiger partial charge in [0.25, 0.3) is 0 Å². The number of oxazole rings is 1. The summed E-state index contributed by atoms with van der Waals surface area (Å²) >= 11 is 0. The molecule has 1 aromatic heterocycles. The van der Waals surface area contributed by atoms with E-state index in [0.29, 0.717) is 11.8 Å². The van der Waals surface area contributed by atoms with E-state index < -0.39 is 0 Å². The van der Waals surface area contributed by atoms with Crippen LogP contribution in [0, 0.1) is 5.92 Å². The zero-order chi connectivity index (χ0) is 35.1. The molecule has 0 N–H and O–H groups in total. The molecule has 0 aliphatic rings. The Morgan fingerprint density at radius 2 is 1.27 bits per heavy atom. The van der Waals surface area contributed by atoms with Gasteiger partial charge in [-0.25, -0.2) is 4.98 Å². The van der Waals surface area contributed by atoms with E-state index >= 15 is 0 Å². The Bertz CT molecular complexity index is 2550. The topological polar surface area (TPSA) is 38.4 Å². The predicted molar refractivity (Wildman–Crippen MR) is 216 cm³/mol. The molecule has 8 aromatic rings. The summed E-state index contributed by atoms with van der Waals surface area (Å²) in [5.41, 5.74) is 11.5. The van der Waals surface area contributed by atoms with Crippen LogP contribution in [0.15, 0.2) is 149 Å². The molecule has 0 saturated heterocycles. The molecule has 1 heterocycles. The monoisotopic (exact) mass is 662 g/mol. The lowest BCUT2D eigenvalue weighted by Crippen LogP contribution is -2.11. The normalized spacial score (nSPS) is 12.2. The van der Waals surface area contributed by atoms with Crippen molar-refractivity contribution in [2.24, 2.45) is 10.9 Å². The van der Waals surface area contributed by atoms with Crippen LogP contribution in [0.1, 0.15) is 51.3 Å². The SMILES string of the molecule is CC(C)Cc1ccc(-c2ccc(-c3cc(C(C)(C)C)cc4oc(-c5ccccc5N=Cc5cc6ccccc6c6ccccc56)nc34)cc2)cc1. The highest BCUT2D eigenvalue weighted by atomic mass is 16.3. The number of fused-ring (bicyclic) bond motifs is 4. The summed E-state index contributed by atoms with van der Waals surface area (Å²) in [6.45, 7) is 11.2. The third-order valence-corrected chi connectivity index (χ3v) is 9.77. The molecule has 0 aliphatic carbocycles. The molecule has 7 aromatic carbocycles. The van der Waals surface area contributed by atoms with Crippen LogP contribution < -0.4 is 0 Å². The molecule has 0 fully saturated rings. The van der Waals surface area contributed by atoms with Gasteiger partial charge in [0, 0.05) is 17.3 Å². The maximum absolute atomic E-state index is 6.62. The van der Waals surface area contributed by atoms with Crippen LogP contribution in [0.3, 0.4) is 0 Å². The Hall–Kier alpha value is -5.80. The Balaban J connectivity index is 1.18. The minimum absolute atomic E-state index is 0.0710. The number of aromatic nitrogens is 1. The molecule has 0 aliphatic heterocycles. The maximum atomic E-state index is 6.62. The average molecular weight is 663 g/mol. The molecule has 0 saturated carbocycles. The molecular weight excluding hydrogens is 621 g/mol. The first kappa shape index (κ1) is 32.4. The van der Waals surface area contributed by atoms with Gasteiger partial charge in [0.2, 0.25) is 5.89 Å². The van der Waals surface area contributed by atoms with Crippen molar-refractivity contribution in [3.63, 3.8) is 0 Å². The first-order valence-corrected chi connectivity index (χ1v) is 17.9. The molecule has 3 nitrogen and oxygen atoms in total. The van der Waals surface area contributed by atoms with E-state index in [1.807, 2.05) is 30.5 Å². The number of benzene rings is 7. The van der Waals surface area contributed by atoms with Crippen molar-refractivity contribution in [2.45, 2.75) is 46.5 Å². The minimum atomic E-state index is -0.0710. The van der Waals surface area contributed by atoms with Crippen LogP contribution in [0.4, 0.5) is 5.69 Å². The van der Waals surface area contributed by atoms with E-state index in [-0.39, 0.29) is 5.41 Å². The van der Waals surface area contributed by atoms with Gasteiger partial charge in [-0.05, 0) is 97.4 Å². The van der Waals surface area contributed by atoms with Crippen LogP contribution >= 0.6 is 0 Å². The van der Waals surface area contributed by atoms with E-state index in [9.17, 15) is 0 Å². The second-order valence-corrected chi connectivity index (χ2v) is 15.0. The Morgan fingerprint density at radius 1 is 0.647 bits per heavy atom. The van der Waals surface area contributed by atoms with Crippen molar-refractivity contribution in [1.82, 2.24) is 4.98 Å². The van der Waals surface area contributed by atoms with E-state index in [2.05, 4.69) is 150 Å². The fourth-order valence-electron chi connectivity index (χ4n) is 7.04. The lowest BCUT2D eigenvalue weighted by molar-refractivity contribution is 0.584. The summed E-state index contributed by atoms with van der Waals surface area (Å²) in [6, 6.07) is 49.6. The molecule has 3 heteroatoms. The third-order valence-electron chi connectivity index (χ3n) is 9.77. The molecule has 0 bridgehead atoms. The quantitative estimate of drug-likeness (QED) is 0.126. The number of hydrogen-bond acceptors (Lipinski definition) is 3. The first-order chi connectivity index (χ1) is 24.7. The molecule has 0 spiro atoms. The Morgan fingerprint density at radius 3 is 2.00 bits per heavy atom. The number of para-hydroxylation sites is 1. The summed E-state index contributed by atoms with van der Waals surface area (Å²) in [5, 5.41) is 4.83. The fourth-order valence-corrected chi connectivity index (χ4v) is 7.04. The van der Waals surface area contributed by atoms with Gasteiger partial charge in [-0.3, -0.25) is 4.99 Å². The number of aliphatic imine (C=N–C) groups is 1.